The monoisotopic (exact) mass is 431 g/mol. The molecule has 1 saturated heterocycles. The summed E-state index contributed by atoms with van der Waals surface area (Å²) in [5, 5.41) is 12.0. The van der Waals surface area contributed by atoms with Crippen LogP contribution in [-0.4, -0.2) is 39.3 Å². The smallest absolute Gasteiger partial charge is 0.416 e. The molecule has 0 spiro atoms. The number of morpholine rings is 1. The van der Waals surface area contributed by atoms with Gasteiger partial charge in [-0.25, -0.2) is 0 Å². The summed E-state index contributed by atoms with van der Waals surface area (Å²) in [5.41, 5.74) is -0.0239. The molecular weight excluding hydrogens is 411 g/mol. The van der Waals surface area contributed by atoms with Gasteiger partial charge in [0.1, 0.15) is 17.4 Å². The number of amides is 1. The number of methoxy groups -OCH3 is 1. The predicted molar refractivity (Wildman–Crippen MR) is 110 cm³/mol. The number of carbonyl (C=O) groups is 1. The van der Waals surface area contributed by atoms with Crippen LogP contribution in [0.3, 0.4) is 0 Å². The lowest BCUT2D eigenvalue weighted by atomic mass is 10.1. The fourth-order valence-electron chi connectivity index (χ4n) is 3.12. The zero-order chi connectivity index (χ0) is 22.4. The topological polar surface area (TPSA) is 74.6 Å². The maximum absolute atomic E-state index is 13.2. The number of hydrogen-bond donors (Lipinski definition) is 1. The van der Waals surface area contributed by atoms with Crippen LogP contribution in [0.25, 0.3) is 6.08 Å². The van der Waals surface area contributed by atoms with Crippen LogP contribution in [0.4, 0.5) is 24.5 Å². The van der Waals surface area contributed by atoms with Gasteiger partial charge in [-0.15, -0.1) is 0 Å². The van der Waals surface area contributed by atoms with E-state index in [1.54, 1.807) is 29.2 Å². The lowest BCUT2D eigenvalue weighted by Gasteiger charge is -2.31. The summed E-state index contributed by atoms with van der Waals surface area (Å²) in [6, 6.07) is 11.7. The first-order valence-electron chi connectivity index (χ1n) is 9.43. The Morgan fingerprint density at radius 1 is 1.23 bits per heavy atom. The Kier molecular flexibility index (Phi) is 6.82. The largest absolute Gasteiger partial charge is 0.497 e. The molecule has 0 aliphatic carbocycles. The highest BCUT2D eigenvalue weighted by atomic mass is 19.4. The number of rotatable bonds is 5. The van der Waals surface area contributed by atoms with Crippen molar-refractivity contribution >= 4 is 23.4 Å². The van der Waals surface area contributed by atoms with Crippen LogP contribution in [0.2, 0.25) is 0 Å². The molecule has 3 rings (SSSR count). The van der Waals surface area contributed by atoms with Crippen LogP contribution in [0.5, 0.6) is 5.75 Å². The van der Waals surface area contributed by atoms with E-state index in [0.29, 0.717) is 37.6 Å². The minimum absolute atomic E-state index is 0.187. The molecule has 1 N–H and O–H groups in total. The van der Waals surface area contributed by atoms with Gasteiger partial charge in [-0.2, -0.15) is 18.4 Å². The minimum Gasteiger partial charge on any atom is -0.497 e. The van der Waals surface area contributed by atoms with E-state index in [1.165, 1.54) is 19.3 Å². The van der Waals surface area contributed by atoms with Crippen LogP contribution in [0, 0.1) is 11.3 Å². The van der Waals surface area contributed by atoms with Gasteiger partial charge in [0, 0.05) is 13.1 Å². The van der Waals surface area contributed by atoms with Crippen molar-refractivity contribution in [3.63, 3.8) is 0 Å². The molecule has 2 aromatic carbocycles. The summed E-state index contributed by atoms with van der Waals surface area (Å²) in [4.78, 5) is 14.4. The quantitative estimate of drug-likeness (QED) is 0.570. The molecule has 0 radical (unpaired) electrons. The molecule has 31 heavy (non-hydrogen) atoms. The first kappa shape index (κ1) is 22.2. The van der Waals surface area contributed by atoms with Crippen molar-refractivity contribution in [2.75, 3.05) is 43.6 Å². The Hall–Kier alpha value is -3.51. The van der Waals surface area contributed by atoms with E-state index in [-0.39, 0.29) is 16.9 Å². The van der Waals surface area contributed by atoms with E-state index in [0.717, 1.165) is 12.1 Å². The maximum atomic E-state index is 13.2. The number of carbonyl (C=O) groups excluding carboxylic acids is 1. The summed E-state index contributed by atoms with van der Waals surface area (Å²) in [6.45, 7) is 1.50. The van der Waals surface area contributed by atoms with E-state index >= 15 is 0 Å². The zero-order valence-electron chi connectivity index (χ0n) is 16.7. The normalized spacial score (nSPS) is 14.7. The number of benzene rings is 2. The van der Waals surface area contributed by atoms with E-state index in [4.69, 9.17) is 9.47 Å². The summed E-state index contributed by atoms with van der Waals surface area (Å²) < 4.78 is 50.1. The van der Waals surface area contributed by atoms with Crippen LogP contribution in [0.15, 0.2) is 48.0 Å². The van der Waals surface area contributed by atoms with Gasteiger partial charge in [-0.1, -0.05) is 12.1 Å². The Morgan fingerprint density at radius 3 is 2.61 bits per heavy atom. The summed E-state index contributed by atoms with van der Waals surface area (Å²) in [7, 11) is 1.50. The highest BCUT2D eigenvalue weighted by Crippen LogP contribution is 2.36. The Balaban J connectivity index is 1.91. The van der Waals surface area contributed by atoms with E-state index in [2.05, 4.69) is 5.32 Å². The van der Waals surface area contributed by atoms with Crippen molar-refractivity contribution in [2.24, 2.45) is 0 Å². The van der Waals surface area contributed by atoms with Gasteiger partial charge in [0.2, 0.25) is 0 Å². The molecule has 0 unspecified atom stereocenters. The second-order valence-electron chi connectivity index (χ2n) is 6.73. The third kappa shape index (κ3) is 5.55. The van der Waals surface area contributed by atoms with Gasteiger partial charge in [-0.3, -0.25) is 4.79 Å². The van der Waals surface area contributed by atoms with Gasteiger partial charge in [0.05, 0.1) is 37.3 Å². The molecule has 1 aliphatic heterocycles. The molecule has 0 saturated carbocycles. The molecule has 2 aromatic rings. The summed E-state index contributed by atoms with van der Waals surface area (Å²) in [6.07, 6.45) is -3.13. The van der Waals surface area contributed by atoms with Crippen molar-refractivity contribution in [2.45, 2.75) is 6.18 Å². The van der Waals surface area contributed by atoms with Crippen LogP contribution in [-0.2, 0) is 15.7 Å². The maximum Gasteiger partial charge on any atom is 0.416 e. The average Bonchev–Trinajstić information content (AvgIpc) is 2.77. The van der Waals surface area contributed by atoms with E-state index < -0.39 is 17.6 Å². The zero-order valence-corrected chi connectivity index (χ0v) is 16.7. The second kappa shape index (κ2) is 9.53. The molecule has 1 fully saturated rings. The molecule has 0 bridgehead atoms. The minimum atomic E-state index is -4.52. The average molecular weight is 431 g/mol. The number of nitrogens with zero attached hydrogens (tertiary/aromatic N) is 2. The molecule has 1 aliphatic rings. The number of halogens is 3. The van der Waals surface area contributed by atoms with E-state index in [1.807, 2.05) is 6.07 Å². The molecule has 0 atom stereocenters. The summed E-state index contributed by atoms with van der Waals surface area (Å²) >= 11 is 0. The summed E-state index contributed by atoms with van der Waals surface area (Å²) in [5.74, 6) is -0.164. The number of hydrogen-bond acceptors (Lipinski definition) is 5. The van der Waals surface area contributed by atoms with Crippen LogP contribution < -0.4 is 15.0 Å². The number of anilines is 2. The number of nitriles is 1. The van der Waals surface area contributed by atoms with Gasteiger partial charge >= 0.3 is 6.18 Å². The molecule has 1 amide bonds. The van der Waals surface area contributed by atoms with Gasteiger partial charge < -0.3 is 19.7 Å². The SMILES string of the molecule is COc1cccc(C=C(C#N)C(=O)Nc2ccc(C(F)(F)F)cc2N2CCOCC2)c1. The number of alkyl halides is 3. The first-order valence-corrected chi connectivity index (χ1v) is 9.43. The Labute approximate surface area is 177 Å². The van der Waals surface area contributed by atoms with Crippen LogP contribution >= 0.6 is 0 Å². The van der Waals surface area contributed by atoms with Gasteiger partial charge in [0.15, 0.2) is 0 Å². The molecule has 1 heterocycles. The third-order valence-electron chi connectivity index (χ3n) is 4.69. The second-order valence-corrected chi connectivity index (χ2v) is 6.73. The molecule has 162 valence electrons. The van der Waals surface area contributed by atoms with Gasteiger partial charge in [-0.05, 0) is 42.0 Å². The third-order valence-corrected chi connectivity index (χ3v) is 4.69. The van der Waals surface area contributed by atoms with Crippen LogP contribution in [0.1, 0.15) is 11.1 Å². The lowest BCUT2D eigenvalue weighted by molar-refractivity contribution is -0.137. The fraction of sp³-hybridized carbons (Fsp3) is 0.273. The fourth-order valence-corrected chi connectivity index (χ4v) is 3.12. The molecule has 0 aromatic heterocycles. The Morgan fingerprint density at radius 2 is 1.97 bits per heavy atom. The standard InChI is InChI=1S/C22H20F3N3O3/c1-30-18-4-2-3-15(12-18)11-16(14-26)21(29)27-19-6-5-17(22(23,24)25)13-20(19)28-7-9-31-10-8-28/h2-6,11-13H,7-10H2,1H3,(H,27,29). The van der Waals surface area contributed by atoms with Crippen molar-refractivity contribution in [1.82, 2.24) is 0 Å². The predicted octanol–water partition coefficient (Wildman–Crippen LogP) is 4.10. The molecule has 9 heteroatoms. The van der Waals surface area contributed by atoms with Crippen molar-refractivity contribution < 1.29 is 27.4 Å². The molecular formula is C22H20F3N3O3. The van der Waals surface area contributed by atoms with E-state index in [9.17, 15) is 23.2 Å². The first-order chi connectivity index (χ1) is 14.8. The number of ether oxygens (including phenoxy) is 2. The van der Waals surface area contributed by atoms with Crippen molar-refractivity contribution in [3.8, 4) is 11.8 Å². The number of nitrogens with one attached hydrogen (secondary N) is 1. The van der Waals surface area contributed by atoms with Gasteiger partial charge in [0.25, 0.3) is 5.91 Å². The van der Waals surface area contributed by atoms with Crippen molar-refractivity contribution in [1.29, 1.82) is 5.26 Å². The highest BCUT2D eigenvalue weighted by Gasteiger charge is 2.32. The lowest BCUT2D eigenvalue weighted by Crippen LogP contribution is -2.37. The molecule has 6 nitrogen and oxygen atoms in total. The van der Waals surface area contributed by atoms with Crippen molar-refractivity contribution in [3.05, 3.63) is 59.2 Å². The highest BCUT2D eigenvalue weighted by molar-refractivity contribution is 6.11. The Bertz CT molecular complexity index is 1020.